The number of sulfone groups is 1. The first-order valence-corrected chi connectivity index (χ1v) is 11.4. The molecule has 1 aliphatic carbocycles. The zero-order valence-corrected chi connectivity index (χ0v) is 16.7. The molecule has 1 heterocycles. The molecule has 0 bridgehead atoms. The van der Waals surface area contributed by atoms with Crippen molar-refractivity contribution in [3.8, 4) is 0 Å². The van der Waals surface area contributed by atoms with Crippen molar-refractivity contribution in [2.24, 2.45) is 0 Å². The van der Waals surface area contributed by atoms with Gasteiger partial charge in [0.1, 0.15) is 0 Å². The minimum Gasteiger partial charge on any atom is -0.453 e. The number of benzene rings is 1. The highest BCUT2D eigenvalue weighted by molar-refractivity contribution is 7.91. The summed E-state index contributed by atoms with van der Waals surface area (Å²) in [5.41, 5.74) is 3.08. The first-order chi connectivity index (χ1) is 13.2. The van der Waals surface area contributed by atoms with Crippen LogP contribution in [0.25, 0.3) is 0 Å². The molecule has 1 amide bonds. The van der Waals surface area contributed by atoms with Gasteiger partial charge in [-0.3, -0.25) is 14.4 Å². The molecule has 152 valence electrons. The Hall–Kier alpha value is -2.22. The molecular weight excluding hydrogens is 382 g/mol. The van der Waals surface area contributed by atoms with Crippen molar-refractivity contribution in [1.82, 2.24) is 5.32 Å². The quantitative estimate of drug-likeness (QED) is 0.540. The lowest BCUT2D eigenvalue weighted by Crippen LogP contribution is -2.42. The number of Topliss-reactive ketones (excluding diaryl/α,β-unsaturated/α-hetero) is 1. The van der Waals surface area contributed by atoms with Crippen LogP contribution in [0, 0.1) is 0 Å². The summed E-state index contributed by atoms with van der Waals surface area (Å²) in [5.74, 6) is -1.32. The van der Waals surface area contributed by atoms with Crippen LogP contribution in [0.15, 0.2) is 18.2 Å². The molecule has 0 unspecified atom stereocenters. The Kier molecular flexibility index (Phi) is 6.17. The summed E-state index contributed by atoms with van der Waals surface area (Å²) >= 11 is 0. The van der Waals surface area contributed by atoms with E-state index in [2.05, 4.69) is 5.32 Å². The molecule has 1 aromatic rings. The van der Waals surface area contributed by atoms with E-state index in [1.807, 2.05) is 12.1 Å². The van der Waals surface area contributed by atoms with Crippen LogP contribution in [0.1, 0.15) is 54.1 Å². The largest absolute Gasteiger partial charge is 0.453 e. The third-order valence-corrected chi connectivity index (χ3v) is 7.00. The average Bonchev–Trinajstić information content (AvgIpc) is 3.24. The second kappa shape index (κ2) is 8.43. The van der Waals surface area contributed by atoms with E-state index in [0.717, 1.165) is 19.3 Å². The number of hydrogen-bond donors (Lipinski definition) is 1. The summed E-state index contributed by atoms with van der Waals surface area (Å²) in [4.78, 5) is 36.4. The second-order valence-electron chi connectivity index (χ2n) is 7.50. The molecule has 28 heavy (non-hydrogen) atoms. The third-order valence-electron chi connectivity index (χ3n) is 5.23. The van der Waals surface area contributed by atoms with E-state index in [9.17, 15) is 22.8 Å². The Morgan fingerprint density at radius 3 is 2.64 bits per heavy atom. The monoisotopic (exact) mass is 407 g/mol. The number of aryl methyl sites for hydroxylation is 2. The van der Waals surface area contributed by atoms with E-state index in [4.69, 9.17) is 4.74 Å². The molecular formula is C20H25NO6S. The molecule has 3 rings (SSSR count). The number of carbonyl (C=O) groups excluding carboxylic acids is 3. The summed E-state index contributed by atoms with van der Waals surface area (Å²) in [6.45, 7) is 1.43. The van der Waals surface area contributed by atoms with Crippen LogP contribution in [0.4, 0.5) is 0 Å². The fourth-order valence-corrected chi connectivity index (χ4v) is 5.32. The van der Waals surface area contributed by atoms with Gasteiger partial charge in [-0.15, -0.1) is 0 Å². The maximum absolute atomic E-state index is 12.3. The minimum absolute atomic E-state index is 0.0207. The van der Waals surface area contributed by atoms with Crippen molar-refractivity contribution in [1.29, 1.82) is 0 Å². The van der Waals surface area contributed by atoms with Crippen molar-refractivity contribution in [2.45, 2.75) is 57.6 Å². The highest BCUT2D eigenvalue weighted by Gasteiger charge is 2.30. The molecule has 1 N–H and O–H groups in total. The molecule has 1 saturated heterocycles. The highest BCUT2D eigenvalue weighted by atomic mass is 32.2. The van der Waals surface area contributed by atoms with Gasteiger partial charge in [0.05, 0.1) is 17.9 Å². The lowest BCUT2D eigenvalue weighted by molar-refractivity contribution is -0.154. The van der Waals surface area contributed by atoms with Crippen LogP contribution in [0.2, 0.25) is 0 Å². The van der Waals surface area contributed by atoms with Crippen molar-refractivity contribution >= 4 is 27.5 Å². The molecule has 1 aromatic carbocycles. The first kappa shape index (κ1) is 20.5. The number of carbonyl (C=O) groups is 3. The van der Waals surface area contributed by atoms with E-state index in [0.29, 0.717) is 12.0 Å². The summed E-state index contributed by atoms with van der Waals surface area (Å²) < 4.78 is 27.9. The third kappa shape index (κ3) is 5.19. The maximum Gasteiger partial charge on any atom is 0.307 e. The molecule has 8 heteroatoms. The number of fused-ring (bicyclic) bond motifs is 1. The molecule has 0 aromatic heterocycles. The van der Waals surface area contributed by atoms with E-state index >= 15 is 0 Å². The van der Waals surface area contributed by atoms with E-state index in [1.165, 1.54) is 18.1 Å². The summed E-state index contributed by atoms with van der Waals surface area (Å²) in [6, 6.07) is 5.23. The van der Waals surface area contributed by atoms with E-state index in [-0.39, 0.29) is 30.1 Å². The Bertz CT molecular complexity index is 892. The molecule has 1 fully saturated rings. The Morgan fingerprint density at radius 1 is 1.18 bits per heavy atom. The highest BCUT2D eigenvalue weighted by Crippen LogP contribution is 2.23. The molecule has 2 aliphatic rings. The van der Waals surface area contributed by atoms with Crippen LogP contribution < -0.4 is 5.32 Å². The Labute approximate surface area is 164 Å². The number of hydrogen-bond acceptors (Lipinski definition) is 6. The summed E-state index contributed by atoms with van der Waals surface area (Å²) in [6.07, 6.45) is 2.37. The fraction of sp³-hybridized carbons (Fsp3) is 0.550. The second-order valence-corrected chi connectivity index (χ2v) is 9.73. The van der Waals surface area contributed by atoms with Gasteiger partial charge >= 0.3 is 5.97 Å². The van der Waals surface area contributed by atoms with Crippen LogP contribution >= 0.6 is 0 Å². The Balaban J connectivity index is 1.43. The first-order valence-electron chi connectivity index (χ1n) is 9.59. The fourth-order valence-electron chi connectivity index (χ4n) is 3.64. The molecule has 1 aliphatic heterocycles. The predicted molar refractivity (Wildman–Crippen MR) is 103 cm³/mol. The lowest BCUT2D eigenvalue weighted by Gasteiger charge is -2.16. The van der Waals surface area contributed by atoms with Gasteiger partial charge in [-0.2, -0.15) is 0 Å². The van der Waals surface area contributed by atoms with Crippen LogP contribution in [0.3, 0.4) is 0 Å². The Morgan fingerprint density at radius 2 is 1.93 bits per heavy atom. The zero-order chi connectivity index (χ0) is 20.3. The predicted octanol–water partition coefficient (Wildman–Crippen LogP) is 1.37. The molecule has 7 nitrogen and oxygen atoms in total. The normalized spacial score (nSPS) is 21.0. The van der Waals surface area contributed by atoms with Crippen LogP contribution in [-0.4, -0.2) is 49.7 Å². The van der Waals surface area contributed by atoms with Gasteiger partial charge in [0, 0.05) is 18.0 Å². The number of rotatable bonds is 7. The molecule has 0 spiro atoms. The summed E-state index contributed by atoms with van der Waals surface area (Å²) in [5, 5.41) is 2.59. The minimum atomic E-state index is -3.10. The van der Waals surface area contributed by atoms with Gasteiger partial charge in [-0.1, -0.05) is 12.1 Å². The lowest BCUT2D eigenvalue weighted by atomic mass is 10.0. The van der Waals surface area contributed by atoms with Crippen LogP contribution in [0.5, 0.6) is 0 Å². The maximum atomic E-state index is 12.3. The van der Waals surface area contributed by atoms with Gasteiger partial charge in [0.2, 0.25) is 0 Å². The van der Waals surface area contributed by atoms with Crippen molar-refractivity contribution in [2.75, 3.05) is 11.5 Å². The van der Waals surface area contributed by atoms with Crippen molar-refractivity contribution in [3.05, 3.63) is 34.9 Å². The number of ether oxygens (including phenoxy) is 1. The van der Waals surface area contributed by atoms with Gasteiger partial charge in [-0.05, 0) is 49.8 Å². The molecule has 0 saturated carbocycles. The summed E-state index contributed by atoms with van der Waals surface area (Å²) in [7, 11) is -3.10. The number of nitrogens with one attached hydrogen (secondary N) is 1. The number of esters is 1. The average molecular weight is 407 g/mol. The topological polar surface area (TPSA) is 107 Å². The number of ketones is 1. The van der Waals surface area contributed by atoms with Crippen LogP contribution in [-0.2, 0) is 37.0 Å². The molecule has 2 atom stereocenters. The van der Waals surface area contributed by atoms with E-state index < -0.39 is 33.9 Å². The van der Waals surface area contributed by atoms with Gasteiger partial charge < -0.3 is 10.1 Å². The van der Waals surface area contributed by atoms with Gasteiger partial charge in [0.15, 0.2) is 21.7 Å². The van der Waals surface area contributed by atoms with Crippen molar-refractivity contribution in [3.63, 3.8) is 0 Å². The molecule has 0 radical (unpaired) electrons. The van der Waals surface area contributed by atoms with Gasteiger partial charge in [0.25, 0.3) is 5.91 Å². The number of amides is 1. The van der Waals surface area contributed by atoms with Gasteiger partial charge in [-0.25, -0.2) is 8.42 Å². The zero-order valence-electron chi connectivity index (χ0n) is 15.9. The standard InChI is InChI=1S/C20H25NO6S/c1-13(20(24)21-17-9-10-28(25,26)12-17)27-19(23)8-7-18(22)16-6-5-14-3-2-4-15(14)11-16/h5-6,11,13,17H,2-4,7-10,12H2,1H3,(H,21,24)/t13-,17+/m0/s1. The smallest absolute Gasteiger partial charge is 0.307 e. The SMILES string of the molecule is C[C@H](OC(=O)CCC(=O)c1ccc2c(c1)CCC2)C(=O)N[C@@H]1CCS(=O)(=O)C1. The van der Waals surface area contributed by atoms with E-state index in [1.54, 1.807) is 6.07 Å². The van der Waals surface area contributed by atoms with Crippen molar-refractivity contribution < 1.29 is 27.5 Å².